The minimum atomic E-state index is -3.71. The Labute approximate surface area is 147 Å². The van der Waals surface area contributed by atoms with E-state index in [4.69, 9.17) is 0 Å². The maximum Gasteiger partial charge on any atom is 0.266 e. The highest BCUT2D eigenvalue weighted by molar-refractivity contribution is 7.92. The van der Waals surface area contributed by atoms with Gasteiger partial charge in [-0.25, -0.2) is 8.42 Å². The van der Waals surface area contributed by atoms with Crippen LogP contribution in [0, 0.1) is 13.8 Å². The molecule has 2 heterocycles. The van der Waals surface area contributed by atoms with Crippen molar-refractivity contribution in [3.8, 4) is 0 Å². The summed E-state index contributed by atoms with van der Waals surface area (Å²) in [6, 6.07) is 9.68. The average Bonchev–Trinajstić information content (AvgIpc) is 3.15. The van der Waals surface area contributed by atoms with Gasteiger partial charge in [-0.3, -0.25) is 14.1 Å². The van der Waals surface area contributed by atoms with Gasteiger partial charge in [0.25, 0.3) is 10.0 Å². The molecule has 0 radical (unpaired) electrons. The highest BCUT2D eigenvalue weighted by Crippen LogP contribution is 2.18. The summed E-state index contributed by atoms with van der Waals surface area (Å²) in [4.78, 5) is 0.169. The quantitative estimate of drug-likeness (QED) is 0.733. The molecule has 0 spiro atoms. The first kappa shape index (κ1) is 17.2. The largest absolute Gasteiger partial charge is 0.269 e. The van der Waals surface area contributed by atoms with E-state index in [1.165, 1.54) is 11.8 Å². The van der Waals surface area contributed by atoms with Crippen molar-refractivity contribution in [2.75, 3.05) is 4.72 Å². The zero-order chi connectivity index (χ0) is 18.0. The molecule has 132 valence electrons. The lowest BCUT2D eigenvalue weighted by atomic mass is 10.1. The summed E-state index contributed by atoms with van der Waals surface area (Å²) < 4.78 is 31.0. The molecule has 1 aromatic carbocycles. The predicted octanol–water partition coefficient (Wildman–Crippen LogP) is 2.57. The first-order valence-electron chi connectivity index (χ1n) is 8.04. The highest BCUT2D eigenvalue weighted by Gasteiger charge is 2.21. The van der Waals surface area contributed by atoms with Gasteiger partial charge in [0.15, 0.2) is 5.82 Å². The van der Waals surface area contributed by atoms with Crippen molar-refractivity contribution in [3.63, 3.8) is 0 Å². The summed E-state index contributed by atoms with van der Waals surface area (Å²) in [5.74, 6) is 0.289. The Bertz CT molecular complexity index is 988. The molecule has 0 saturated carbocycles. The van der Waals surface area contributed by atoms with Gasteiger partial charge in [-0.1, -0.05) is 24.3 Å². The fourth-order valence-electron chi connectivity index (χ4n) is 2.67. The second kappa shape index (κ2) is 6.72. The van der Waals surface area contributed by atoms with Crippen LogP contribution < -0.4 is 4.72 Å². The average molecular weight is 359 g/mol. The Morgan fingerprint density at radius 1 is 1.16 bits per heavy atom. The minimum Gasteiger partial charge on any atom is -0.269 e. The number of benzene rings is 1. The van der Waals surface area contributed by atoms with E-state index in [0.29, 0.717) is 18.8 Å². The van der Waals surface area contributed by atoms with Crippen molar-refractivity contribution in [2.24, 2.45) is 0 Å². The smallest absolute Gasteiger partial charge is 0.266 e. The zero-order valence-corrected chi connectivity index (χ0v) is 15.3. The molecule has 2 aromatic heterocycles. The van der Waals surface area contributed by atoms with Crippen LogP contribution in [0.4, 0.5) is 5.82 Å². The van der Waals surface area contributed by atoms with E-state index in [1.54, 1.807) is 28.6 Å². The molecule has 0 saturated heterocycles. The predicted molar refractivity (Wildman–Crippen MR) is 96.0 cm³/mol. The van der Waals surface area contributed by atoms with Crippen LogP contribution in [0.1, 0.15) is 23.7 Å². The molecule has 3 aromatic rings. The lowest BCUT2D eigenvalue weighted by molar-refractivity contribution is 0.598. The number of nitrogens with zero attached hydrogens (tertiary/aromatic N) is 4. The van der Waals surface area contributed by atoms with Crippen LogP contribution >= 0.6 is 0 Å². The zero-order valence-electron chi connectivity index (χ0n) is 14.5. The standard InChI is InChI=1S/C17H21N5O2S/c1-4-22-14(3)16(11-18-22)25(23,24)20-17-9-10-21(19-17)12-15-8-6-5-7-13(15)2/h5-11H,4,12H2,1-3H3,(H,19,20). The summed E-state index contributed by atoms with van der Waals surface area (Å²) in [7, 11) is -3.71. The molecule has 0 aliphatic heterocycles. The minimum absolute atomic E-state index is 0.169. The third-order valence-electron chi connectivity index (χ3n) is 4.12. The molecule has 7 nitrogen and oxygen atoms in total. The van der Waals surface area contributed by atoms with E-state index in [-0.39, 0.29) is 10.7 Å². The Morgan fingerprint density at radius 2 is 1.92 bits per heavy atom. The number of aryl methyl sites for hydroxylation is 2. The number of nitrogens with one attached hydrogen (secondary N) is 1. The van der Waals surface area contributed by atoms with E-state index in [1.807, 2.05) is 38.1 Å². The van der Waals surface area contributed by atoms with Gasteiger partial charge in [-0.15, -0.1) is 0 Å². The molecule has 0 aliphatic carbocycles. The van der Waals surface area contributed by atoms with E-state index in [2.05, 4.69) is 14.9 Å². The highest BCUT2D eigenvalue weighted by atomic mass is 32.2. The molecule has 0 atom stereocenters. The van der Waals surface area contributed by atoms with Crippen molar-refractivity contribution in [3.05, 3.63) is 59.5 Å². The number of anilines is 1. The summed E-state index contributed by atoms with van der Waals surface area (Å²) in [5, 5.41) is 8.40. The molecule has 0 amide bonds. The Kier molecular flexibility index (Phi) is 4.63. The summed E-state index contributed by atoms with van der Waals surface area (Å²) in [6.45, 7) is 6.89. The molecule has 0 unspecified atom stereocenters. The third-order valence-corrected chi connectivity index (χ3v) is 5.58. The fraction of sp³-hybridized carbons (Fsp3) is 0.294. The topological polar surface area (TPSA) is 81.8 Å². The maximum absolute atomic E-state index is 12.6. The normalized spacial score (nSPS) is 11.6. The number of rotatable bonds is 6. The lowest BCUT2D eigenvalue weighted by Crippen LogP contribution is -2.15. The number of aromatic nitrogens is 4. The van der Waals surface area contributed by atoms with Gasteiger partial charge in [-0.2, -0.15) is 10.2 Å². The Balaban J connectivity index is 1.78. The van der Waals surface area contributed by atoms with E-state index in [0.717, 1.165) is 5.56 Å². The summed E-state index contributed by atoms with van der Waals surface area (Å²) in [6.07, 6.45) is 3.12. The molecule has 0 fully saturated rings. The van der Waals surface area contributed by atoms with Crippen LogP contribution in [0.15, 0.2) is 47.6 Å². The van der Waals surface area contributed by atoms with Crippen molar-refractivity contribution in [2.45, 2.75) is 38.8 Å². The second-order valence-electron chi connectivity index (χ2n) is 5.84. The first-order valence-corrected chi connectivity index (χ1v) is 9.52. The van der Waals surface area contributed by atoms with E-state index in [9.17, 15) is 8.42 Å². The summed E-state index contributed by atoms with van der Waals surface area (Å²) >= 11 is 0. The van der Waals surface area contributed by atoms with Crippen LogP contribution in [0.3, 0.4) is 0 Å². The number of hydrogen-bond donors (Lipinski definition) is 1. The molecule has 1 N–H and O–H groups in total. The molecular formula is C17H21N5O2S. The molecule has 8 heteroatoms. The third kappa shape index (κ3) is 3.58. The van der Waals surface area contributed by atoms with Crippen LogP contribution in [-0.4, -0.2) is 28.0 Å². The van der Waals surface area contributed by atoms with Crippen molar-refractivity contribution < 1.29 is 8.42 Å². The van der Waals surface area contributed by atoms with Crippen molar-refractivity contribution >= 4 is 15.8 Å². The van der Waals surface area contributed by atoms with Crippen molar-refractivity contribution in [1.82, 2.24) is 19.6 Å². The molecular weight excluding hydrogens is 338 g/mol. The monoisotopic (exact) mass is 359 g/mol. The number of sulfonamides is 1. The molecule has 25 heavy (non-hydrogen) atoms. The van der Waals surface area contributed by atoms with Gasteiger partial charge in [0.1, 0.15) is 4.90 Å². The second-order valence-corrected chi connectivity index (χ2v) is 7.49. The molecule has 0 aliphatic rings. The fourth-order valence-corrected chi connectivity index (χ4v) is 3.85. The van der Waals surface area contributed by atoms with Gasteiger partial charge in [-0.05, 0) is 31.9 Å². The van der Waals surface area contributed by atoms with Gasteiger partial charge < -0.3 is 0 Å². The van der Waals surface area contributed by atoms with E-state index < -0.39 is 10.0 Å². The summed E-state index contributed by atoms with van der Waals surface area (Å²) in [5.41, 5.74) is 2.91. The van der Waals surface area contributed by atoms with Gasteiger partial charge in [0.05, 0.1) is 18.4 Å². The van der Waals surface area contributed by atoms with Gasteiger partial charge >= 0.3 is 0 Å². The number of hydrogen-bond acceptors (Lipinski definition) is 4. The first-order chi connectivity index (χ1) is 11.9. The molecule has 0 bridgehead atoms. The lowest BCUT2D eigenvalue weighted by Gasteiger charge is -2.07. The van der Waals surface area contributed by atoms with Crippen LogP contribution in [-0.2, 0) is 23.1 Å². The Hall–Kier alpha value is -2.61. The van der Waals surface area contributed by atoms with Gasteiger partial charge in [0, 0.05) is 18.8 Å². The van der Waals surface area contributed by atoms with Crippen LogP contribution in [0.25, 0.3) is 0 Å². The SMILES string of the molecule is CCn1ncc(S(=O)(=O)Nc2ccn(Cc3ccccc3C)n2)c1C. The molecule has 3 rings (SSSR count). The van der Waals surface area contributed by atoms with Crippen LogP contribution in [0.2, 0.25) is 0 Å². The van der Waals surface area contributed by atoms with Crippen molar-refractivity contribution in [1.29, 1.82) is 0 Å². The van der Waals surface area contributed by atoms with E-state index >= 15 is 0 Å². The van der Waals surface area contributed by atoms with Gasteiger partial charge in [0.2, 0.25) is 0 Å². The van der Waals surface area contributed by atoms with Crippen LogP contribution in [0.5, 0.6) is 0 Å². The maximum atomic E-state index is 12.6. The Morgan fingerprint density at radius 3 is 2.60 bits per heavy atom.